The Balaban J connectivity index is 2.04. The number of methoxy groups -OCH3 is 1. The molecule has 1 amide bonds. The Hall–Kier alpha value is -2.20. The fourth-order valence-electron chi connectivity index (χ4n) is 2.81. The summed E-state index contributed by atoms with van der Waals surface area (Å²) in [7, 11) is 2.05. The van der Waals surface area contributed by atoms with E-state index in [0.717, 1.165) is 11.0 Å². The first-order valence-corrected chi connectivity index (χ1v) is 12.1. The number of hydrogen-bond acceptors (Lipinski definition) is 7. The van der Waals surface area contributed by atoms with Gasteiger partial charge in [-0.15, -0.1) is 0 Å². The molecular weight excluding hydrogens is 446 g/mol. The first-order chi connectivity index (χ1) is 14.1. The van der Waals surface area contributed by atoms with Crippen molar-refractivity contribution in [2.75, 3.05) is 45.5 Å². The normalized spacial score (nSPS) is 11.8. The zero-order valence-electron chi connectivity index (χ0n) is 17.0. The van der Waals surface area contributed by atoms with Crippen molar-refractivity contribution in [3.8, 4) is 5.75 Å². The molecule has 0 aliphatic rings. The van der Waals surface area contributed by atoms with Crippen LogP contribution in [0.2, 0.25) is 5.02 Å². The van der Waals surface area contributed by atoms with Gasteiger partial charge in [-0.3, -0.25) is 9.69 Å². The molecule has 0 saturated heterocycles. The van der Waals surface area contributed by atoms with Gasteiger partial charge < -0.3 is 9.64 Å². The van der Waals surface area contributed by atoms with Crippen LogP contribution >= 0.6 is 22.9 Å². The summed E-state index contributed by atoms with van der Waals surface area (Å²) in [6.07, 6.45) is 1.13. The molecule has 30 heavy (non-hydrogen) atoms. The molecule has 3 aromatic rings. The van der Waals surface area contributed by atoms with Crippen LogP contribution in [0.4, 0.5) is 5.13 Å². The summed E-state index contributed by atoms with van der Waals surface area (Å²) in [4.78, 5) is 21.6. The molecule has 0 aliphatic heterocycles. The zero-order chi connectivity index (χ0) is 22.1. The number of likely N-dealkylation sites (N-methyl/N-ethyl adjacent to an activating group) is 1. The number of hydrogen-bond donors (Lipinski definition) is 0. The number of sulfone groups is 1. The van der Waals surface area contributed by atoms with Crippen LogP contribution in [0.5, 0.6) is 5.75 Å². The summed E-state index contributed by atoms with van der Waals surface area (Å²) in [6, 6.07) is 9.38. The van der Waals surface area contributed by atoms with E-state index < -0.39 is 9.84 Å². The topological polar surface area (TPSA) is 79.8 Å². The minimum Gasteiger partial charge on any atom is -0.494 e. The quantitative estimate of drug-likeness (QED) is 0.528. The van der Waals surface area contributed by atoms with E-state index in [1.165, 1.54) is 35.6 Å². The molecule has 10 heteroatoms. The molecule has 160 valence electrons. The van der Waals surface area contributed by atoms with Crippen LogP contribution in [0.3, 0.4) is 0 Å². The van der Waals surface area contributed by atoms with Gasteiger partial charge in [0.2, 0.25) is 0 Å². The highest BCUT2D eigenvalue weighted by atomic mass is 35.5. The number of rotatable bonds is 7. The first-order valence-electron chi connectivity index (χ1n) is 9.01. The third kappa shape index (κ3) is 4.75. The molecule has 0 spiro atoms. The van der Waals surface area contributed by atoms with Crippen molar-refractivity contribution in [2.45, 2.75) is 4.90 Å². The highest BCUT2D eigenvalue weighted by molar-refractivity contribution is 7.90. The predicted octanol–water partition coefficient (Wildman–Crippen LogP) is 3.57. The van der Waals surface area contributed by atoms with Crippen LogP contribution < -0.4 is 9.64 Å². The van der Waals surface area contributed by atoms with Crippen molar-refractivity contribution in [3.63, 3.8) is 0 Å². The summed E-state index contributed by atoms with van der Waals surface area (Å²) in [5.74, 6) is 0.306. The molecule has 0 unspecified atom stereocenters. The van der Waals surface area contributed by atoms with Gasteiger partial charge in [0, 0.05) is 24.9 Å². The molecule has 0 atom stereocenters. The number of carbonyl (C=O) groups is 1. The van der Waals surface area contributed by atoms with Gasteiger partial charge in [0.15, 0.2) is 15.0 Å². The van der Waals surface area contributed by atoms with Gasteiger partial charge in [-0.1, -0.05) is 22.9 Å². The maximum absolute atomic E-state index is 13.3. The summed E-state index contributed by atoms with van der Waals surface area (Å²) in [5, 5.41) is 1.03. The number of halogens is 1. The zero-order valence-corrected chi connectivity index (χ0v) is 19.4. The second kappa shape index (κ2) is 8.89. The standard InChI is InChI=1S/C20H22ClN3O4S2/c1-23(2)11-12-24(19(25)13-5-7-14(8-6-13)30(4,26)27)20-22-17-16(28-3)10-9-15(21)18(17)29-20/h5-10H,11-12H2,1-4H3. The third-order valence-corrected chi connectivity index (χ3v) is 7.11. The molecule has 0 radical (unpaired) electrons. The fourth-order valence-corrected chi connectivity index (χ4v) is 4.72. The van der Waals surface area contributed by atoms with Crippen molar-refractivity contribution in [2.24, 2.45) is 0 Å². The molecular formula is C20H22ClN3O4S2. The van der Waals surface area contributed by atoms with E-state index in [2.05, 4.69) is 4.98 Å². The molecule has 1 heterocycles. The van der Waals surface area contributed by atoms with E-state index in [-0.39, 0.29) is 10.8 Å². The van der Waals surface area contributed by atoms with Crippen LogP contribution in [0.1, 0.15) is 10.4 Å². The van der Waals surface area contributed by atoms with Crippen molar-refractivity contribution in [3.05, 3.63) is 47.0 Å². The highest BCUT2D eigenvalue weighted by Crippen LogP contribution is 2.39. The Kier molecular flexibility index (Phi) is 6.66. The number of amides is 1. The lowest BCUT2D eigenvalue weighted by Crippen LogP contribution is -2.36. The second-order valence-corrected chi connectivity index (χ2v) is 10.4. The summed E-state index contributed by atoms with van der Waals surface area (Å²) in [6.45, 7) is 1.02. The minimum absolute atomic E-state index is 0.162. The van der Waals surface area contributed by atoms with Crippen LogP contribution in [0, 0.1) is 0 Å². The van der Waals surface area contributed by atoms with Crippen LogP contribution in [0.15, 0.2) is 41.3 Å². The van der Waals surface area contributed by atoms with Crippen LogP contribution in [-0.4, -0.2) is 64.8 Å². The third-order valence-electron chi connectivity index (χ3n) is 4.44. The number of thiazole rings is 1. The van der Waals surface area contributed by atoms with Gasteiger partial charge in [0.25, 0.3) is 5.91 Å². The van der Waals surface area contributed by atoms with Gasteiger partial charge in [0.1, 0.15) is 11.3 Å². The number of carbonyl (C=O) groups excluding carboxylic acids is 1. The molecule has 0 aliphatic carbocycles. The van der Waals surface area contributed by atoms with E-state index in [0.29, 0.717) is 40.1 Å². The van der Waals surface area contributed by atoms with Crippen molar-refractivity contribution in [1.82, 2.24) is 9.88 Å². The number of ether oxygens (including phenoxy) is 1. The van der Waals surface area contributed by atoms with Crippen LogP contribution in [-0.2, 0) is 9.84 Å². The molecule has 1 aromatic heterocycles. The molecule has 0 saturated carbocycles. The largest absolute Gasteiger partial charge is 0.494 e. The number of benzene rings is 2. The Morgan fingerprint density at radius 3 is 2.37 bits per heavy atom. The lowest BCUT2D eigenvalue weighted by atomic mass is 10.2. The van der Waals surface area contributed by atoms with Gasteiger partial charge in [-0.05, 0) is 50.5 Å². The SMILES string of the molecule is COc1ccc(Cl)c2sc(N(CCN(C)C)C(=O)c3ccc(S(C)(=O)=O)cc3)nc12. The summed E-state index contributed by atoms with van der Waals surface area (Å²) < 4.78 is 29.5. The molecule has 0 bridgehead atoms. The number of anilines is 1. The lowest BCUT2D eigenvalue weighted by Gasteiger charge is -2.22. The van der Waals surface area contributed by atoms with E-state index >= 15 is 0 Å². The Labute approximate surface area is 184 Å². The lowest BCUT2D eigenvalue weighted by molar-refractivity contribution is 0.0985. The number of fused-ring (bicyclic) bond motifs is 1. The Morgan fingerprint density at radius 1 is 1.13 bits per heavy atom. The van der Waals surface area contributed by atoms with E-state index in [4.69, 9.17) is 16.3 Å². The minimum atomic E-state index is -3.34. The Bertz CT molecular complexity index is 1170. The highest BCUT2D eigenvalue weighted by Gasteiger charge is 2.23. The smallest absolute Gasteiger partial charge is 0.260 e. The predicted molar refractivity (Wildman–Crippen MR) is 121 cm³/mol. The second-order valence-electron chi connectivity index (χ2n) is 6.98. The first kappa shape index (κ1) is 22.5. The van der Waals surface area contributed by atoms with Gasteiger partial charge >= 0.3 is 0 Å². The van der Waals surface area contributed by atoms with E-state index in [1.54, 1.807) is 24.1 Å². The average Bonchev–Trinajstić information content (AvgIpc) is 3.13. The Morgan fingerprint density at radius 2 is 1.80 bits per heavy atom. The summed E-state index contributed by atoms with van der Waals surface area (Å²) in [5.41, 5.74) is 0.971. The van der Waals surface area contributed by atoms with Crippen molar-refractivity contribution < 1.29 is 17.9 Å². The summed E-state index contributed by atoms with van der Waals surface area (Å²) >= 11 is 7.65. The average molecular weight is 468 g/mol. The molecule has 0 N–H and O–H groups in total. The number of nitrogens with zero attached hydrogens (tertiary/aromatic N) is 3. The van der Waals surface area contributed by atoms with Crippen molar-refractivity contribution >= 4 is 54.0 Å². The molecule has 0 fully saturated rings. The van der Waals surface area contributed by atoms with Crippen molar-refractivity contribution in [1.29, 1.82) is 0 Å². The molecule has 2 aromatic carbocycles. The van der Waals surface area contributed by atoms with Gasteiger partial charge in [-0.2, -0.15) is 0 Å². The molecule has 7 nitrogen and oxygen atoms in total. The van der Waals surface area contributed by atoms with Gasteiger partial charge in [-0.25, -0.2) is 13.4 Å². The van der Waals surface area contributed by atoms with Gasteiger partial charge in [0.05, 0.1) is 21.7 Å². The van der Waals surface area contributed by atoms with E-state index in [9.17, 15) is 13.2 Å². The monoisotopic (exact) mass is 467 g/mol. The van der Waals surface area contributed by atoms with E-state index in [1.807, 2.05) is 19.0 Å². The number of aromatic nitrogens is 1. The molecule has 3 rings (SSSR count). The maximum atomic E-state index is 13.3. The fraction of sp³-hybridized carbons (Fsp3) is 0.300. The van der Waals surface area contributed by atoms with Crippen LogP contribution in [0.25, 0.3) is 10.2 Å². The maximum Gasteiger partial charge on any atom is 0.260 e.